The van der Waals surface area contributed by atoms with E-state index in [1.807, 2.05) is 6.20 Å². The molecule has 1 aliphatic carbocycles. The van der Waals surface area contributed by atoms with Crippen molar-refractivity contribution in [1.82, 2.24) is 14.5 Å². The third kappa shape index (κ3) is 2.12. The molecule has 0 unspecified atom stereocenters. The monoisotopic (exact) mass is 244 g/mol. The van der Waals surface area contributed by atoms with Crippen LogP contribution in [0, 0.1) is 6.92 Å². The largest absolute Gasteiger partial charge is 0.330 e. The number of nitrogens with two attached hydrogens (primary N) is 1. The molecule has 0 atom stereocenters. The molecule has 1 fully saturated rings. The molecule has 0 saturated heterocycles. The molecule has 4 heteroatoms. The molecule has 1 aliphatic rings. The van der Waals surface area contributed by atoms with Gasteiger partial charge in [-0.3, -0.25) is 0 Å². The minimum Gasteiger partial charge on any atom is -0.330 e. The van der Waals surface area contributed by atoms with Crippen molar-refractivity contribution >= 4 is 11.2 Å². The highest BCUT2D eigenvalue weighted by molar-refractivity contribution is 5.72. The predicted octanol–water partition coefficient (Wildman–Crippen LogP) is 2.36. The Balaban J connectivity index is 1.99. The number of hydrogen-bond acceptors (Lipinski definition) is 3. The molecule has 18 heavy (non-hydrogen) atoms. The Kier molecular flexibility index (Phi) is 3.04. The summed E-state index contributed by atoms with van der Waals surface area (Å²) in [4.78, 5) is 9.34. The van der Waals surface area contributed by atoms with Gasteiger partial charge in [0, 0.05) is 18.7 Å². The summed E-state index contributed by atoms with van der Waals surface area (Å²) >= 11 is 0. The van der Waals surface area contributed by atoms with Gasteiger partial charge >= 0.3 is 0 Å². The number of hydrogen-bond donors (Lipinski definition) is 1. The number of aromatic nitrogens is 3. The summed E-state index contributed by atoms with van der Waals surface area (Å²) in [5.74, 6) is 1.90. The van der Waals surface area contributed by atoms with E-state index in [-0.39, 0.29) is 0 Å². The molecule has 2 N–H and O–H groups in total. The first-order valence-corrected chi connectivity index (χ1v) is 6.82. The molecular formula is C14H20N4. The van der Waals surface area contributed by atoms with Crippen molar-refractivity contribution < 1.29 is 0 Å². The lowest BCUT2D eigenvalue weighted by molar-refractivity contribution is 0.600. The molecule has 2 aromatic heterocycles. The van der Waals surface area contributed by atoms with Crippen LogP contribution in [0.1, 0.15) is 43.0 Å². The van der Waals surface area contributed by atoms with Gasteiger partial charge in [0.15, 0.2) is 5.65 Å². The molecule has 96 valence electrons. The van der Waals surface area contributed by atoms with Gasteiger partial charge in [0.1, 0.15) is 11.3 Å². The summed E-state index contributed by atoms with van der Waals surface area (Å²) in [7, 11) is 0. The van der Waals surface area contributed by atoms with Crippen LogP contribution in [0.3, 0.4) is 0 Å². The summed E-state index contributed by atoms with van der Waals surface area (Å²) in [5, 5.41) is 0. The zero-order valence-electron chi connectivity index (χ0n) is 10.9. The topological polar surface area (TPSA) is 56.7 Å². The fourth-order valence-electron chi connectivity index (χ4n) is 2.42. The zero-order chi connectivity index (χ0) is 12.5. The Labute approximate surface area is 107 Å². The zero-order valence-corrected chi connectivity index (χ0v) is 10.9. The molecule has 0 aliphatic heterocycles. The molecule has 4 nitrogen and oxygen atoms in total. The van der Waals surface area contributed by atoms with Crippen LogP contribution >= 0.6 is 0 Å². The van der Waals surface area contributed by atoms with Crippen molar-refractivity contribution in [1.29, 1.82) is 0 Å². The molecule has 0 amide bonds. The lowest BCUT2D eigenvalue weighted by Crippen LogP contribution is -2.06. The van der Waals surface area contributed by atoms with Crippen LogP contribution in [-0.2, 0) is 6.54 Å². The van der Waals surface area contributed by atoms with E-state index < -0.39 is 0 Å². The average Bonchev–Trinajstić information content (AvgIpc) is 3.13. The van der Waals surface area contributed by atoms with Crippen LogP contribution in [0.5, 0.6) is 0 Å². The Hall–Kier alpha value is -1.42. The van der Waals surface area contributed by atoms with E-state index in [0.29, 0.717) is 5.92 Å². The first-order valence-electron chi connectivity index (χ1n) is 6.82. The Morgan fingerprint density at radius 3 is 2.94 bits per heavy atom. The van der Waals surface area contributed by atoms with Gasteiger partial charge in [-0.2, -0.15) is 0 Å². The highest BCUT2D eigenvalue weighted by atomic mass is 15.1. The number of rotatable bonds is 5. The lowest BCUT2D eigenvalue weighted by Gasteiger charge is -2.07. The summed E-state index contributed by atoms with van der Waals surface area (Å²) in [6.45, 7) is 3.82. The molecule has 0 spiro atoms. The Bertz CT molecular complexity index is 554. The fourth-order valence-corrected chi connectivity index (χ4v) is 2.42. The second-order valence-electron chi connectivity index (χ2n) is 5.25. The smallest absolute Gasteiger partial charge is 0.160 e. The van der Waals surface area contributed by atoms with Crippen LogP contribution in [0.4, 0.5) is 0 Å². The molecular weight excluding hydrogens is 224 g/mol. The van der Waals surface area contributed by atoms with Gasteiger partial charge in [-0.15, -0.1) is 0 Å². The van der Waals surface area contributed by atoms with E-state index >= 15 is 0 Å². The van der Waals surface area contributed by atoms with Crippen LogP contribution in [0.15, 0.2) is 12.3 Å². The van der Waals surface area contributed by atoms with Crippen molar-refractivity contribution in [2.45, 2.75) is 45.1 Å². The molecule has 0 radical (unpaired) electrons. The third-order valence-electron chi connectivity index (χ3n) is 3.53. The van der Waals surface area contributed by atoms with Crippen LogP contribution < -0.4 is 5.73 Å². The maximum absolute atomic E-state index is 5.57. The molecule has 1 saturated carbocycles. The van der Waals surface area contributed by atoms with Crippen LogP contribution in [-0.4, -0.2) is 21.1 Å². The van der Waals surface area contributed by atoms with Crippen molar-refractivity contribution in [2.24, 2.45) is 5.73 Å². The normalized spacial score (nSPS) is 15.4. The van der Waals surface area contributed by atoms with Gasteiger partial charge in [0.05, 0.1) is 0 Å². The maximum Gasteiger partial charge on any atom is 0.160 e. The van der Waals surface area contributed by atoms with Crippen molar-refractivity contribution in [3.63, 3.8) is 0 Å². The SMILES string of the molecule is Cc1cnc2c(c1)nc(C1CC1)n2CCCCN. The number of fused-ring (bicyclic) bond motifs is 1. The highest BCUT2D eigenvalue weighted by Crippen LogP contribution is 2.40. The molecule has 0 bridgehead atoms. The van der Waals surface area contributed by atoms with Gasteiger partial charge in [-0.05, 0) is 50.8 Å². The predicted molar refractivity (Wildman–Crippen MR) is 72.5 cm³/mol. The fraction of sp³-hybridized carbons (Fsp3) is 0.571. The number of imidazole rings is 1. The molecule has 2 heterocycles. The van der Waals surface area contributed by atoms with Crippen molar-refractivity contribution in [3.8, 4) is 0 Å². The number of pyridine rings is 1. The quantitative estimate of drug-likeness (QED) is 0.821. The highest BCUT2D eigenvalue weighted by Gasteiger charge is 2.29. The second kappa shape index (κ2) is 4.69. The molecule has 0 aromatic carbocycles. The number of aryl methyl sites for hydroxylation is 2. The average molecular weight is 244 g/mol. The summed E-state index contributed by atoms with van der Waals surface area (Å²) in [6.07, 6.45) is 6.66. The number of nitrogens with zero attached hydrogens (tertiary/aromatic N) is 3. The number of unbranched alkanes of at least 4 members (excludes halogenated alkanes) is 1. The summed E-state index contributed by atoms with van der Waals surface area (Å²) in [5.41, 5.74) is 8.83. The van der Waals surface area contributed by atoms with E-state index in [9.17, 15) is 0 Å². The first-order chi connectivity index (χ1) is 8.79. The van der Waals surface area contributed by atoms with E-state index in [1.54, 1.807) is 0 Å². The Morgan fingerprint density at radius 2 is 2.22 bits per heavy atom. The summed E-state index contributed by atoms with van der Waals surface area (Å²) < 4.78 is 2.31. The van der Waals surface area contributed by atoms with Gasteiger partial charge in [0.25, 0.3) is 0 Å². The second-order valence-corrected chi connectivity index (χ2v) is 5.25. The van der Waals surface area contributed by atoms with E-state index in [4.69, 9.17) is 10.7 Å². The van der Waals surface area contributed by atoms with Gasteiger partial charge in [-0.25, -0.2) is 9.97 Å². The van der Waals surface area contributed by atoms with Crippen molar-refractivity contribution in [2.75, 3.05) is 6.54 Å². The van der Waals surface area contributed by atoms with Gasteiger partial charge in [0.2, 0.25) is 0 Å². The van der Waals surface area contributed by atoms with E-state index in [1.165, 1.54) is 24.2 Å². The van der Waals surface area contributed by atoms with Crippen LogP contribution in [0.25, 0.3) is 11.2 Å². The standard InChI is InChI=1S/C14H20N4/c1-10-8-12-14(16-9-10)18(7-3-2-6-15)13(17-12)11-4-5-11/h8-9,11H,2-7,15H2,1H3. The van der Waals surface area contributed by atoms with E-state index in [2.05, 4.69) is 22.5 Å². The minimum absolute atomic E-state index is 0.664. The van der Waals surface area contributed by atoms with Gasteiger partial charge in [-0.1, -0.05) is 0 Å². The first kappa shape index (κ1) is 11.7. The van der Waals surface area contributed by atoms with Gasteiger partial charge < -0.3 is 10.3 Å². The maximum atomic E-state index is 5.57. The van der Waals surface area contributed by atoms with Crippen molar-refractivity contribution in [3.05, 3.63) is 23.7 Å². The minimum atomic E-state index is 0.664. The molecule has 3 rings (SSSR count). The third-order valence-corrected chi connectivity index (χ3v) is 3.53. The lowest BCUT2D eigenvalue weighted by atomic mass is 10.3. The Morgan fingerprint density at radius 1 is 1.39 bits per heavy atom. The molecule has 2 aromatic rings. The van der Waals surface area contributed by atoms with Crippen LogP contribution in [0.2, 0.25) is 0 Å². The summed E-state index contributed by atoms with van der Waals surface area (Å²) in [6, 6.07) is 2.13. The van der Waals surface area contributed by atoms with E-state index in [0.717, 1.165) is 37.1 Å².